The Balaban J connectivity index is 2.25. The molecule has 140 valence electrons. The number of nitrogens with one attached hydrogen (secondary N) is 2. The molecule has 0 saturated heterocycles. The van der Waals surface area contributed by atoms with E-state index in [1.165, 1.54) is 0 Å². The number of carbonyl (C=O) groups excluding carboxylic acids is 1. The minimum atomic E-state index is -1.13. The molecule has 8 nitrogen and oxygen atoms in total. The van der Waals surface area contributed by atoms with E-state index in [2.05, 4.69) is 20.6 Å². The molecule has 0 aliphatic rings. The highest BCUT2D eigenvalue weighted by Gasteiger charge is 2.28. The van der Waals surface area contributed by atoms with Crippen LogP contribution < -0.4 is 16.4 Å². The lowest BCUT2D eigenvalue weighted by Gasteiger charge is -2.21. The Morgan fingerprint density at radius 2 is 1.92 bits per heavy atom. The van der Waals surface area contributed by atoms with Gasteiger partial charge in [-0.2, -0.15) is 0 Å². The highest BCUT2D eigenvalue weighted by atomic mass is 32.2. The average Bonchev–Trinajstić information content (AvgIpc) is 2.60. The van der Waals surface area contributed by atoms with Crippen LogP contribution in [-0.4, -0.2) is 44.7 Å². The number of carbonyl (C=O) groups is 1. The molecule has 1 aromatic heterocycles. The van der Waals surface area contributed by atoms with E-state index in [4.69, 9.17) is 10.8 Å². The first-order valence-corrected chi connectivity index (χ1v) is 9.54. The Kier molecular flexibility index (Phi) is 6.27. The lowest BCUT2D eigenvalue weighted by atomic mass is 10.1. The Bertz CT molecular complexity index is 809. The molecule has 1 heterocycles. The van der Waals surface area contributed by atoms with Crippen molar-refractivity contribution in [3.63, 3.8) is 0 Å². The molecule has 0 fully saturated rings. The topological polar surface area (TPSA) is 130 Å². The molecule has 2 aromatic rings. The van der Waals surface area contributed by atoms with Gasteiger partial charge in [-0.05, 0) is 38.1 Å². The van der Waals surface area contributed by atoms with Crippen molar-refractivity contribution >= 4 is 28.3 Å². The summed E-state index contributed by atoms with van der Waals surface area (Å²) in [4.78, 5) is 20.4. The number of nitrogen functional groups attached to an aromatic ring is 1. The number of hydrogen-bond donors (Lipinski definition) is 4. The summed E-state index contributed by atoms with van der Waals surface area (Å²) >= 11 is 0. The third kappa shape index (κ3) is 4.77. The summed E-state index contributed by atoms with van der Waals surface area (Å²) in [5.74, 6) is 0.726. The van der Waals surface area contributed by atoms with Crippen molar-refractivity contribution in [1.29, 1.82) is 0 Å². The van der Waals surface area contributed by atoms with Crippen molar-refractivity contribution in [3.05, 3.63) is 36.0 Å². The summed E-state index contributed by atoms with van der Waals surface area (Å²) in [6.07, 6.45) is 1.63. The highest BCUT2D eigenvalue weighted by Crippen LogP contribution is 2.28. The third-order valence-electron chi connectivity index (χ3n) is 3.88. The number of nitrogens with zero attached hydrogens (tertiary/aromatic N) is 2. The van der Waals surface area contributed by atoms with Crippen molar-refractivity contribution < 1.29 is 14.1 Å². The number of anilines is 2. The van der Waals surface area contributed by atoms with E-state index in [-0.39, 0.29) is 13.2 Å². The van der Waals surface area contributed by atoms with Crippen LogP contribution in [0.25, 0.3) is 11.4 Å². The standard InChI is InChI=1S/C17H23N5O3S/c1-17(2,26(3)25)13-10-14(18)22-15(21-13)11-4-6-12(7-5-11)20-16(24)19-8-9-23/h4-7,10,23H,8-9H2,1-3H3,(H2,18,21,22)(H2,19,20,24). The number of aliphatic hydroxyl groups is 1. The second-order valence-electron chi connectivity index (χ2n) is 6.15. The SMILES string of the molecule is CS(=O)C(C)(C)c1cc(N)nc(-c2ccc(NC(=O)NCCO)cc2)n1. The fourth-order valence-corrected chi connectivity index (χ4v) is 2.50. The van der Waals surface area contributed by atoms with E-state index >= 15 is 0 Å². The largest absolute Gasteiger partial charge is 0.395 e. The summed E-state index contributed by atoms with van der Waals surface area (Å²) in [7, 11) is -1.13. The lowest BCUT2D eigenvalue weighted by molar-refractivity contribution is 0.245. The van der Waals surface area contributed by atoms with Crippen LogP contribution in [0.1, 0.15) is 19.5 Å². The molecule has 1 unspecified atom stereocenters. The monoisotopic (exact) mass is 377 g/mol. The zero-order valence-electron chi connectivity index (χ0n) is 14.9. The van der Waals surface area contributed by atoms with Crippen LogP contribution in [0.4, 0.5) is 16.3 Å². The van der Waals surface area contributed by atoms with E-state index in [0.717, 1.165) is 5.56 Å². The zero-order valence-corrected chi connectivity index (χ0v) is 15.8. The molecular formula is C17H23N5O3S. The summed E-state index contributed by atoms with van der Waals surface area (Å²) in [6.45, 7) is 3.73. The van der Waals surface area contributed by atoms with Gasteiger partial charge in [-0.3, -0.25) is 4.21 Å². The molecule has 0 saturated carbocycles. The molecule has 1 atom stereocenters. The van der Waals surface area contributed by atoms with Gasteiger partial charge in [0.15, 0.2) is 5.82 Å². The Labute approximate surface area is 154 Å². The van der Waals surface area contributed by atoms with Gasteiger partial charge >= 0.3 is 6.03 Å². The number of nitrogens with two attached hydrogens (primary N) is 1. The first-order valence-electron chi connectivity index (χ1n) is 7.98. The number of rotatable bonds is 6. The van der Waals surface area contributed by atoms with Crippen molar-refractivity contribution in [2.45, 2.75) is 18.6 Å². The molecular weight excluding hydrogens is 354 g/mol. The number of aromatic nitrogens is 2. The van der Waals surface area contributed by atoms with Crippen molar-refractivity contribution in [2.75, 3.05) is 30.5 Å². The van der Waals surface area contributed by atoms with E-state index in [1.807, 2.05) is 13.8 Å². The van der Waals surface area contributed by atoms with Crippen LogP contribution >= 0.6 is 0 Å². The smallest absolute Gasteiger partial charge is 0.319 e. The van der Waals surface area contributed by atoms with Gasteiger partial charge in [0.2, 0.25) is 0 Å². The average molecular weight is 377 g/mol. The van der Waals surface area contributed by atoms with Crippen LogP contribution in [0, 0.1) is 0 Å². The molecule has 0 spiro atoms. The molecule has 1 aromatic carbocycles. The fourth-order valence-electron chi connectivity index (χ4n) is 2.10. The highest BCUT2D eigenvalue weighted by molar-refractivity contribution is 7.85. The molecule has 9 heteroatoms. The molecule has 2 amide bonds. The molecule has 0 radical (unpaired) electrons. The second-order valence-corrected chi connectivity index (χ2v) is 8.08. The molecule has 0 bridgehead atoms. The summed E-state index contributed by atoms with van der Waals surface area (Å²) in [6, 6.07) is 8.17. The van der Waals surface area contributed by atoms with Crippen LogP contribution in [0.15, 0.2) is 30.3 Å². The molecule has 0 aliphatic carbocycles. The van der Waals surface area contributed by atoms with Gasteiger partial charge in [-0.15, -0.1) is 0 Å². The Hall–Kier alpha value is -2.52. The maximum absolute atomic E-state index is 12.0. The first-order chi connectivity index (χ1) is 12.2. The maximum Gasteiger partial charge on any atom is 0.319 e. The summed E-state index contributed by atoms with van der Waals surface area (Å²) in [5.41, 5.74) is 7.81. The summed E-state index contributed by atoms with van der Waals surface area (Å²) < 4.78 is 11.3. The Morgan fingerprint density at radius 1 is 1.27 bits per heavy atom. The van der Waals surface area contributed by atoms with Gasteiger partial charge in [-0.1, -0.05) is 0 Å². The van der Waals surface area contributed by atoms with Gasteiger partial charge in [0.25, 0.3) is 0 Å². The van der Waals surface area contributed by atoms with E-state index in [0.29, 0.717) is 23.0 Å². The molecule has 0 aliphatic heterocycles. The van der Waals surface area contributed by atoms with Gasteiger partial charge in [0, 0.05) is 40.9 Å². The van der Waals surface area contributed by atoms with Crippen LogP contribution in [0.5, 0.6) is 0 Å². The number of benzene rings is 1. The van der Waals surface area contributed by atoms with Crippen LogP contribution in [0.2, 0.25) is 0 Å². The summed E-state index contributed by atoms with van der Waals surface area (Å²) in [5, 5.41) is 13.8. The number of amides is 2. The maximum atomic E-state index is 12.0. The quantitative estimate of drug-likeness (QED) is 0.603. The predicted molar refractivity (Wildman–Crippen MR) is 103 cm³/mol. The normalized spacial score (nSPS) is 12.5. The number of hydrogen-bond acceptors (Lipinski definition) is 6. The van der Waals surface area contributed by atoms with Crippen LogP contribution in [0.3, 0.4) is 0 Å². The molecule has 5 N–H and O–H groups in total. The third-order valence-corrected chi connectivity index (χ3v) is 5.53. The van der Waals surface area contributed by atoms with E-state index in [1.54, 1.807) is 36.6 Å². The first kappa shape index (κ1) is 19.8. The number of aliphatic hydroxyl groups excluding tert-OH is 1. The zero-order chi connectivity index (χ0) is 19.3. The lowest BCUT2D eigenvalue weighted by Crippen LogP contribution is -2.30. The van der Waals surface area contributed by atoms with Crippen molar-refractivity contribution in [1.82, 2.24) is 15.3 Å². The van der Waals surface area contributed by atoms with E-state index in [9.17, 15) is 9.00 Å². The van der Waals surface area contributed by atoms with E-state index < -0.39 is 21.6 Å². The number of urea groups is 1. The second kappa shape index (κ2) is 8.24. The minimum absolute atomic E-state index is 0.125. The van der Waals surface area contributed by atoms with Crippen molar-refractivity contribution in [3.8, 4) is 11.4 Å². The van der Waals surface area contributed by atoms with Gasteiger partial charge in [-0.25, -0.2) is 14.8 Å². The molecule has 2 rings (SSSR count). The minimum Gasteiger partial charge on any atom is -0.395 e. The fraction of sp³-hybridized carbons (Fsp3) is 0.353. The van der Waals surface area contributed by atoms with Gasteiger partial charge < -0.3 is 21.5 Å². The Morgan fingerprint density at radius 3 is 2.50 bits per heavy atom. The molecule has 26 heavy (non-hydrogen) atoms. The van der Waals surface area contributed by atoms with Crippen molar-refractivity contribution in [2.24, 2.45) is 0 Å². The predicted octanol–water partition coefficient (Wildman–Crippen LogP) is 1.45. The van der Waals surface area contributed by atoms with Gasteiger partial charge in [0.1, 0.15) is 5.82 Å². The van der Waals surface area contributed by atoms with Gasteiger partial charge in [0.05, 0.1) is 17.0 Å². The van der Waals surface area contributed by atoms with Crippen LogP contribution in [-0.2, 0) is 15.5 Å².